The molecule has 0 aliphatic carbocycles. The normalized spacial score (nSPS) is 10.1. The van der Waals surface area contributed by atoms with E-state index in [9.17, 15) is 4.39 Å². The van der Waals surface area contributed by atoms with Crippen molar-refractivity contribution in [2.45, 2.75) is 6.92 Å². The van der Waals surface area contributed by atoms with Gasteiger partial charge >= 0.3 is 0 Å². The maximum absolute atomic E-state index is 13.7. The largest absolute Gasteiger partial charge is 0.436 e. The Morgan fingerprint density at radius 2 is 2.00 bits per heavy atom. The van der Waals surface area contributed by atoms with E-state index in [0.29, 0.717) is 11.3 Å². The van der Waals surface area contributed by atoms with Crippen LogP contribution in [0.25, 0.3) is 0 Å². The molecule has 0 atom stereocenters. The number of hydrogen-bond donors (Lipinski definition) is 2. The molecule has 0 aliphatic rings. The van der Waals surface area contributed by atoms with Crippen LogP contribution in [0, 0.1) is 18.2 Å². The predicted octanol–water partition coefficient (Wildman–Crippen LogP) is 2.61. The summed E-state index contributed by atoms with van der Waals surface area (Å²) in [5.41, 5.74) is 6.11. The summed E-state index contributed by atoms with van der Waals surface area (Å²) in [4.78, 5) is 4.00. The van der Waals surface area contributed by atoms with Crippen molar-refractivity contribution in [1.29, 1.82) is 5.41 Å². The maximum Gasteiger partial charge on any atom is 0.220 e. The molecule has 0 unspecified atom stereocenters. The SMILES string of the molecule is Cc1cccc(Oc2cccc(C(=N)N)n2)c1F. The quantitative estimate of drug-likeness (QED) is 0.645. The van der Waals surface area contributed by atoms with E-state index in [2.05, 4.69) is 4.98 Å². The maximum atomic E-state index is 13.7. The number of nitrogens with one attached hydrogen (secondary N) is 1. The monoisotopic (exact) mass is 245 g/mol. The van der Waals surface area contributed by atoms with Crippen LogP contribution in [0.5, 0.6) is 11.6 Å². The second-order valence-electron chi connectivity index (χ2n) is 3.76. The third kappa shape index (κ3) is 2.45. The average molecular weight is 245 g/mol. The lowest BCUT2D eigenvalue weighted by atomic mass is 10.2. The van der Waals surface area contributed by atoms with Gasteiger partial charge in [0, 0.05) is 6.07 Å². The number of nitrogen functional groups attached to an aromatic ring is 1. The number of ether oxygens (including phenoxy) is 1. The molecule has 0 radical (unpaired) electrons. The summed E-state index contributed by atoms with van der Waals surface area (Å²) < 4.78 is 19.1. The molecule has 0 saturated heterocycles. The third-order valence-corrected chi connectivity index (χ3v) is 2.37. The zero-order chi connectivity index (χ0) is 13.1. The second kappa shape index (κ2) is 4.83. The van der Waals surface area contributed by atoms with Crippen molar-refractivity contribution in [3.63, 3.8) is 0 Å². The smallest absolute Gasteiger partial charge is 0.220 e. The van der Waals surface area contributed by atoms with Gasteiger partial charge < -0.3 is 10.5 Å². The lowest BCUT2D eigenvalue weighted by molar-refractivity contribution is 0.425. The van der Waals surface area contributed by atoms with E-state index in [4.69, 9.17) is 15.9 Å². The molecule has 2 rings (SSSR count). The lowest BCUT2D eigenvalue weighted by Crippen LogP contribution is -2.13. The predicted molar refractivity (Wildman–Crippen MR) is 66.5 cm³/mol. The van der Waals surface area contributed by atoms with Gasteiger partial charge in [-0.3, -0.25) is 5.41 Å². The highest BCUT2D eigenvalue weighted by Crippen LogP contribution is 2.24. The molecule has 0 saturated carbocycles. The third-order valence-electron chi connectivity index (χ3n) is 2.37. The van der Waals surface area contributed by atoms with Crippen molar-refractivity contribution in [2.24, 2.45) is 5.73 Å². The standard InChI is InChI=1S/C13H12FN3O/c1-8-4-2-6-10(12(8)14)18-11-7-3-5-9(17-11)13(15)16/h2-7H,1H3,(H3,15,16). The molecular weight excluding hydrogens is 233 g/mol. The fourth-order valence-electron chi connectivity index (χ4n) is 1.43. The van der Waals surface area contributed by atoms with Crippen LogP contribution in [0.1, 0.15) is 11.3 Å². The Morgan fingerprint density at radius 3 is 2.72 bits per heavy atom. The van der Waals surface area contributed by atoms with Crippen LogP contribution >= 0.6 is 0 Å². The van der Waals surface area contributed by atoms with Gasteiger partial charge in [0.05, 0.1) is 0 Å². The molecule has 1 aromatic heterocycles. The molecule has 1 aromatic carbocycles. The van der Waals surface area contributed by atoms with E-state index in [1.54, 1.807) is 37.3 Å². The van der Waals surface area contributed by atoms with Crippen LogP contribution in [0.2, 0.25) is 0 Å². The number of nitrogens with zero attached hydrogens (tertiary/aromatic N) is 1. The summed E-state index contributed by atoms with van der Waals surface area (Å²) in [6.45, 7) is 1.65. The van der Waals surface area contributed by atoms with Crippen molar-refractivity contribution >= 4 is 5.84 Å². The summed E-state index contributed by atoms with van der Waals surface area (Å²) >= 11 is 0. The molecule has 0 spiro atoms. The number of pyridine rings is 1. The molecule has 0 amide bonds. The van der Waals surface area contributed by atoms with Gasteiger partial charge in [0.25, 0.3) is 0 Å². The van der Waals surface area contributed by atoms with Gasteiger partial charge in [-0.05, 0) is 24.6 Å². The summed E-state index contributed by atoms with van der Waals surface area (Å²) in [6.07, 6.45) is 0. The lowest BCUT2D eigenvalue weighted by Gasteiger charge is -2.08. The van der Waals surface area contributed by atoms with E-state index >= 15 is 0 Å². The molecule has 4 nitrogen and oxygen atoms in total. The number of amidine groups is 1. The van der Waals surface area contributed by atoms with Crippen LogP contribution in [0.3, 0.4) is 0 Å². The topological polar surface area (TPSA) is 72.0 Å². The Bertz CT molecular complexity index is 599. The molecule has 0 fully saturated rings. The van der Waals surface area contributed by atoms with Crippen molar-refractivity contribution in [1.82, 2.24) is 4.98 Å². The van der Waals surface area contributed by atoms with Gasteiger partial charge in [-0.25, -0.2) is 9.37 Å². The number of hydrogen-bond acceptors (Lipinski definition) is 3. The Hall–Kier alpha value is -2.43. The zero-order valence-electron chi connectivity index (χ0n) is 9.77. The number of benzene rings is 1. The van der Waals surface area contributed by atoms with Gasteiger partial charge in [0.15, 0.2) is 11.6 Å². The Kier molecular flexibility index (Phi) is 3.23. The van der Waals surface area contributed by atoms with Crippen molar-refractivity contribution < 1.29 is 9.13 Å². The minimum absolute atomic E-state index is 0.100. The highest BCUT2D eigenvalue weighted by atomic mass is 19.1. The summed E-state index contributed by atoms with van der Waals surface area (Å²) in [6, 6.07) is 9.68. The van der Waals surface area contributed by atoms with Gasteiger partial charge in [0.1, 0.15) is 11.5 Å². The van der Waals surface area contributed by atoms with E-state index < -0.39 is 5.82 Å². The minimum Gasteiger partial charge on any atom is -0.436 e. The molecule has 92 valence electrons. The van der Waals surface area contributed by atoms with E-state index in [1.807, 2.05) is 0 Å². The van der Waals surface area contributed by atoms with Gasteiger partial charge in [-0.1, -0.05) is 18.2 Å². The zero-order valence-corrected chi connectivity index (χ0v) is 9.77. The van der Waals surface area contributed by atoms with Crippen LogP contribution < -0.4 is 10.5 Å². The minimum atomic E-state index is -0.424. The van der Waals surface area contributed by atoms with Gasteiger partial charge in [-0.15, -0.1) is 0 Å². The Morgan fingerprint density at radius 1 is 1.28 bits per heavy atom. The second-order valence-corrected chi connectivity index (χ2v) is 3.76. The van der Waals surface area contributed by atoms with Crippen molar-refractivity contribution in [2.75, 3.05) is 0 Å². The first-order valence-corrected chi connectivity index (χ1v) is 5.32. The van der Waals surface area contributed by atoms with Gasteiger partial charge in [-0.2, -0.15) is 0 Å². The van der Waals surface area contributed by atoms with E-state index in [0.717, 1.165) is 0 Å². The molecule has 0 aliphatic heterocycles. The molecule has 18 heavy (non-hydrogen) atoms. The van der Waals surface area contributed by atoms with Crippen LogP contribution in [-0.2, 0) is 0 Å². The number of aromatic nitrogens is 1. The fraction of sp³-hybridized carbons (Fsp3) is 0.0769. The average Bonchev–Trinajstić information content (AvgIpc) is 2.35. The Balaban J connectivity index is 2.31. The number of nitrogens with two attached hydrogens (primary N) is 1. The molecule has 2 aromatic rings. The first-order valence-electron chi connectivity index (χ1n) is 5.32. The van der Waals surface area contributed by atoms with Crippen LogP contribution in [0.15, 0.2) is 36.4 Å². The van der Waals surface area contributed by atoms with Gasteiger partial charge in [0.2, 0.25) is 5.88 Å². The molecular formula is C13H12FN3O. The first kappa shape index (κ1) is 12.0. The number of aryl methyl sites for hydroxylation is 1. The van der Waals surface area contributed by atoms with Crippen LogP contribution in [0.4, 0.5) is 4.39 Å². The molecule has 1 heterocycles. The van der Waals surface area contributed by atoms with Crippen molar-refractivity contribution in [3.8, 4) is 11.6 Å². The highest BCUT2D eigenvalue weighted by molar-refractivity contribution is 5.93. The molecule has 3 N–H and O–H groups in total. The number of halogens is 1. The summed E-state index contributed by atoms with van der Waals surface area (Å²) in [5, 5.41) is 7.27. The van der Waals surface area contributed by atoms with E-state index in [1.165, 1.54) is 6.07 Å². The Labute approximate surface area is 104 Å². The highest BCUT2D eigenvalue weighted by Gasteiger charge is 2.08. The summed E-state index contributed by atoms with van der Waals surface area (Å²) in [7, 11) is 0. The molecule has 0 bridgehead atoms. The first-order chi connectivity index (χ1) is 8.58. The molecule has 5 heteroatoms. The van der Waals surface area contributed by atoms with Crippen molar-refractivity contribution in [3.05, 3.63) is 53.5 Å². The van der Waals surface area contributed by atoms with Crippen LogP contribution in [-0.4, -0.2) is 10.8 Å². The van der Waals surface area contributed by atoms with E-state index in [-0.39, 0.29) is 17.5 Å². The summed E-state index contributed by atoms with van der Waals surface area (Å²) in [5.74, 6) is -0.284. The number of rotatable bonds is 3. The fourth-order valence-corrected chi connectivity index (χ4v) is 1.43.